The Labute approximate surface area is 208 Å². The Morgan fingerprint density at radius 2 is 1.65 bits per heavy atom. The van der Waals surface area contributed by atoms with Crippen molar-refractivity contribution in [2.45, 2.75) is 91.8 Å². The number of Topliss-reactive ketones (excluding diaryl/α,β-unsaturated/α-hetero) is 1. The summed E-state index contributed by atoms with van der Waals surface area (Å²) < 4.78 is 0. The minimum atomic E-state index is -0.104. The smallest absolute Gasteiger partial charge is 0.149 e. The molecular weight excluding hydrogens is 416 g/mol. The van der Waals surface area contributed by atoms with Crippen LogP contribution in [0.2, 0.25) is 0 Å². The van der Waals surface area contributed by atoms with E-state index in [1.54, 1.807) is 6.20 Å². The number of carbonyl (C=O) groups is 1. The van der Waals surface area contributed by atoms with Gasteiger partial charge in [0.15, 0.2) is 0 Å². The zero-order valence-electron chi connectivity index (χ0n) is 22.1. The van der Waals surface area contributed by atoms with Gasteiger partial charge in [0.25, 0.3) is 0 Å². The molecule has 186 valence electrons. The molecule has 2 aromatic rings. The summed E-state index contributed by atoms with van der Waals surface area (Å²) in [5.74, 6) is 0.746. The van der Waals surface area contributed by atoms with Crippen molar-refractivity contribution in [3.63, 3.8) is 0 Å². The molecule has 0 aliphatic heterocycles. The summed E-state index contributed by atoms with van der Waals surface area (Å²) >= 11 is 0. The summed E-state index contributed by atoms with van der Waals surface area (Å²) in [6, 6.07) is 19.4. The molecule has 34 heavy (non-hydrogen) atoms. The molecule has 0 aromatic heterocycles. The van der Waals surface area contributed by atoms with Gasteiger partial charge in [0.05, 0.1) is 6.04 Å². The van der Waals surface area contributed by atoms with Crippen LogP contribution in [0, 0.1) is 11.3 Å². The highest BCUT2D eigenvalue weighted by Gasteiger charge is 2.34. The van der Waals surface area contributed by atoms with Gasteiger partial charge in [-0.1, -0.05) is 95.8 Å². The molecule has 2 rings (SSSR count). The van der Waals surface area contributed by atoms with Crippen LogP contribution < -0.4 is 10.6 Å². The molecule has 3 unspecified atom stereocenters. The molecule has 0 bridgehead atoms. The number of hydrogen-bond acceptors (Lipinski definition) is 3. The largest absolute Gasteiger partial charge is 0.387 e. The van der Waals surface area contributed by atoms with Gasteiger partial charge in [-0.2, -0.15) is 0 Å². The molecular formula is C31H46N2O. The van der Waals surface area contributed by atoms with Crippen molar-refractivity contribution in [2.24, 2.45) is 11.3 Å². The third kappa shape index (κ3) is 8.76. The van der Waals surface area contributed by atoms with E-state index in [9.17, 15) is 4.79 Å². The summed E-state index contributed by atoms with van der Waals surface area (Å²) in [7, 11) is 0. The van der Waals surface area contributed by atoms with Gasteiger partial charge in [0, 0.05) is 19.0 Å². The average molecular weight is 463 g/mol. The highest BCUT2D eigenvalue weighted by Crippen LogP contribution is 2.34. The SMILES string of the molecule is C=CNCc1ccccc1CC(C(CC)NC(CCc1ccccc1)C(=O)CCC)C(C)(C)C. The van der Waals surface area contributed by atoms with Crippen molar-refractivity contribution in [1.82, 2.24) is 10.6 Å². The van der Waals surface area contributed by atoms with Crippen molar-refractivity contribution < 1.29 is 4.79 Å². The van der Waals surface area contributed by atoms with E-state index in [2.05, 4.69) is 100 Å². The summed E-state index contributed by atoms with van der Waals surface area (Å²) in [6.45, 7) is 15.9. The summed E-state index contributed by atoms with van der Waals surface area (Å²) in [6.07, 6.45) is 7.03. The van der Waals surface area contributed by atoms with Gasteiger partial charge in [-0.05, 0) is 66.3 Å². The molecule has 0 aliphatic rings. The molecule has 3 heteroatoms. The van der Waals surface area contributed by atoms with Crippen LogP contribution in [0.25, 0.3) is 0 Å². The first-order valence-electron chi connectivity index (χ1n) is 13.0. The van der Waals surface area contributed by atoms with Crippen molar-refractivity contribution in [3.8, 4) is 0 Å². The van der Waals surface area contributed by atoms with Crippen molar-refractivity contribution >= 4 is 5.78 Å². The predicted octanol–water partition coefficient (Wildman–Crippen LogP) is 6.86. The zero-order chi connectivity index (χ0) is 25.0. The predicted molar refractivity (Wildman–Crippen MR) is 146 cm³/mol. The zero-order valence-corrected chi connectivity index (χ0v) is 22.1. The molecule has 0 saturated heterocycles. The van der Waals surface area contributed by atoms with Crippen molar-refractivity contribution in [2.75, 3.05) is 0 Å². The minimum Gasteiger partial charge on any atom is -0.387 e. The average Bonchev–Trinajstić information content (AvgIpc) is 2.82. The van der Waals surface area contributed by atoms with Crippen LogP contribution in [0.1, 0.15) is 77.0 Å². The van der Waals surface area contributed by atoms with Gasteiger partial charge < -0.3 is 10.6 Å². The lowest BCUT2D eigenvalue weighted by Gasteiger charge is -2.39. The molecule has 0 amide bonds. The highest BCUT2D eigenvalue weighted by atomic mass is 16.1. The fraction of sp³-hybridized carbons (Fsp3) is 0.516. The van der Waals surface area contributed by atoms with Crippen LogP contribution in [-0.2, 0) is 24.2 Å². The second-order valence-corrected chi connectivity index (χ2v) is 10.5. The van der Waals surface area contributed by atoms with Crippen molar-refractivity contribution in [1.29, 1.82) is 0 Å². The van der Waals surface area contributed by atoms with Crippen LogP contribution in [0.15, 0.2) is 67.4 Å². The number of carbonyl (C=O) groups excluding carboxylic acids is 1. The molecule has 0 heterocycles. The molecule has 0 aliphatic carbocycles. The fourth-order valence-corrected chi connectivity index (χ4v) is 4.89. The summed E-state index contributed by atoms with van der Waals surface area (Å²) in [5.41, 5.74) is 4.08. The van der Waals surface area contributed by atoms with Gasteiger partial charge >= 0.3 is 0 Å². The first-order valence-corrected chi connectivity index (χ1v) is 13.0. The summed E-state index contributed by atoms with van der Waals surface area (Å²) in [4.78, 5) is 13.1. The Morgan fingerprint density at radius 1 is 1.00 bits per heavy atom. The second kappa shape index (κ2) is 14.1. The number of rotatable bonds is 15. The lowest BCUT2D eigenvalue weighted by atomic mass is 9.71. The van der Waals surface area contributed by atoms with Crippen molar-refractivity contribution in [3.05, 3.63) is 84.1 Å². The molecule has 0 spiro atoms. The topological polar surface area (TPSA) is 41.1 Å². The van der Waals surface area contributed by atoms with E-state index < -0.39 is 0 Å². The Bertz CT molecular complexity index is 869. The number of nitrogens with one attached hydrogen (secondary N) is 2. The van der Waals surface area contributed by atoms with E-state index in [1.807, 2.05) is 6.07 Å². The van der Waals surface area contributed by atoms with Gasteiger partial charge in [-0.15, -0.1) is 0 Å². The minimum absolute atomic E-state index is 0.102. The maximum atomic E-state index is 13.1. The normalized spacial score (nSPS) is 14.3. The number of hydrogen-bond donors (Lipinski definition) is 2. The van der Waals surface area contributed by atoms with Crippen LogP contribution in [-0.4, -0.2) is 17.9 Å². The number of aryl methyl sites for hydroxylation is 1. The third-order valence-electron chi connectivity index (χ3n) is 6.90. The van der Waals surface area contributed by atoms with E-state index >= 15 is 0 Å². The Hall–Kier alpha value is -2.39. The molecule has 0 radical (unpaired) electrons. The van der Waals surface area contributed by atoms with Gasteiger partial charge in [0.2, 0.25) is 0 Å². The lowest BCUT2D eigenvalue weighted by molar-refractivity contribution is -0.121. The lowest BCUT2D eigenvalue weighted by Crippen LogP contribution is -2.50. The Morgan fingerprint density at radius 3 is 2.24 bits per heavy atom. The molecule has 2 N–H and O–H groups in total. The molecule has 0 saturated carbocycles. The molecule has 2 aromatic carbocycles. The quantitative estimate of drug-likeness (QED) is 0.304. The Kier molecular flexibility index (Phi) is 11.6. The second-order valence-electron chi connectivity index (χ2n) is 10.5. The number of ketones is 1. The third-order valence-corrected chi connectivity index (χ3v) is 6.90. The van der Waals surface area contributed by atoms with Gasteiger partial charge in [0.1, 0.15) is 5.78 Å². The maximum Gasteiger partial charge on any atom is 0.149 e. The first kappa shape index (κ1) is 27.9. The molecule has 0 fully saturated rings. The van der Waals surface area contributed by atoms with Gasteiger partial charge in [-0.3, -0.25) is 4.79 Å². The van der Waals surface area contributed by atoms with Crippen LogP contribution in [0.4, 0.5) is 0 Å². The van der Waals surface area contributed by atoms with E-state index in [-0.39, 0.29) is 17.5 Å². The van der Waals surface area contributed by atoms with Crippen LogP contribution in [0.5, 0.6) is 0 Å². The fourth-order valence-electron chi connectivity index (χ4n) is 4.89. The van der Waals surface area contributed by atoms with E-state index in [1.165, 1.54) is 16.7 Å². The monoisotopic (exact) mass is 462 g/mol. The van der Waals surface area contributed by atoms with E-state index in [4.69, 9.17) is 0 Å². The number of benzene rings is 2. The molecule has 3 atom stereocenters. The Balaban J connectivity index is 2.25. The van der Waals surface area contributed by atoms with Crippen LogP contribution >= 0.6 is 0 Å². The first-order chi connectivity index (χ1) is 16.3. The standard InChI is InChI=1S/C31H46N2O/c1-7-15-30(34)29(21-20-24-16-11-10-12-17-24)33-28(8-2)27(31(4,5)6)22-25-18-13-14-19-26(25)23-32-9-3/h9-14,16-19,27-29,32-33H,3,7-8,15,20-23H2,1-2,4-6H3. The van der Waals surface area contributed by atoms with E-state index in [0.717, 1.165) is 38.6 Å². The van der Waals surface area contributed by atoms with E-state index in [0.29, 0.717) is 18.1 Å². The molecule has 3 nitrogen and oxygen atoms in total. The maximum absolute atomic E-state index is 13.1. The summed E-state index contributed by atoms with van der Waals surface area (Å²) in [5, 5.41) is 7.12. The van der Waals surface area contributed by atoms with Crippen LogP contribution in [0.3, 0.4) is 0 Å². The highest BCUT2D eigenvalue weighted by molar-refractivity contribution is 5.84. The van der Waals surface area contributed by atoms with Gasteiger partial charge in [-0.25, -0.2) is 0 Å².